The maximum Gasteiger partial charge on any atom is 0.288 e. The molecule has 2 heterocycles. The molecule has 0 spiro atoms. The molecule has 5 nitrogen and oxygen atoms in total. The van der Waals surface area contributed by atoms with Gasteiger partial charge in [0.25, 0.3) is 5.91 Å². The number of aliphatic hydroxyl groups excluding tert-OH is 1. The third kappa shape index (κ3) is 3.77. The molecule has 1 N–H and O–H groups in total. The summed E-state index contributed by atoms with van der Waals surface area (Å²) in [4.78, 5) is 14.0. The van der Waals surface area contributed by atoms with Gasteiger partial charge in [0.2, 0.25) is 6.29 Å². The van der Waals surface area contributed by atoms with Gasteiger partial charge in [-0.2, -0.15) is 0 Å². The zero-order valence-corrected chi connectivity index (χ0v) is 12.5. The molecule has 0 bridgehead atoms. The van der Waals surface area contributed by atoms with Crippen molar-refractivity contribution in [1.82, 2.24) is 4.90 Å². The number of nitrogens with zero attached hydrogens (tertiary/aromatic N) is 1. The molecule has 1 saturated carbocycles. The Morgan fingerprint density at radius 2 is 2.19 bits per heavy atom. The summed E-state index contributed by atoms with van der Waals surface area (Å²) in [6.07, 6.45) is 7.95. The van der Waals surface area contributed by atoms with Crippen LogP contribution >= 0.6 is 0 Å². The van der Waals surface area contributed by atoms with Crippen LogP contribution < -0.4 is 0 Å². The standard InChI is InChI=1S/C16H25NO4/c18-8-1-2-9-20-15-11-13(12-4-3-5-12)10-14(21-15)16(19)17-6-7-17/h10,12-13,15,18H,1-9,11H2/t13-,15+/m1/s1. The van der Waals surface area contributed by atoms with E-state index in [1.54, 1.807) is 4.90 Å². The van der Waals surface area contributed by atoms with E-state index in [-0.39, 0.29) is 18.8 Å². The molecule has 1 aliphatic carbocycles. The van der Waals surface area contributed by atoms with Crippen molar-refractivity contribution in [2.45, 2.75) is 44.8 Å². The number of allylic oxidation sites excluding steroid dienone is 1. The lowest BCUT2D eigenvalue weighted by molar-refractivity contribution is -0.154. The van der Waals surface area contributed by atoms with Gasteiger partial charge in [0.15, 0.2) is 5.76 Å². The van der Waals surface area contributed by atoms with E-state index in [1.807, 2.05) is 6.08 Å². The third-order valence-corrected chi connectivity index (χ3v) is 4.65. The van der Waals surface area contributed by atoms with E-state index in [9.17, 15) is 4.79 Å². The summed E-state index contributed by atoms with van der Waals surface area (Å²) in [7, 11) is 0. The van der Waals surface area contributed by atoms with Gasteiger partial charge < -0.3 is 19.5 Å². The lowest BCUT2D eigenvalue weighted by Crippen LogP contribution is -2.34. The minimum Gasteiger partial charge on any atom is -0.459 e. The average molecular weight is 295 g/mol. The average Bonchev–Trinajstić information content (AvgIpc) is 3.25. The van der Waals surface area contributed by atoms with Crippen molar-refractivity contribution >= 4 is 5.91 Å². The number of hydrogen-bond acceptors (Lipinski definition) is 4. The number of carbonyl (C=O) groups is 1. The molecule has 0 aromatic carbocycles. The predicted molar refractivity (Wildman–Crippen MR) is 77.3 cm³/mol. The summed E-state index contributed by atoms with van der Waals surface area (Å²) < 4.78 is 11.5. The molecule has 118 valence electrons. The van der Waals surface area contributed by atoms with Crippen molar-refractivity contribution in [3.05, 3.63) is 11.8 Å². The second-order valence-electron chi connectivity index (χ2n) is 6.26. The van der Waals surface area contributed by atoms with E-state index in [4.69, 9.17) is 14.6 Å². The summed E-state index contributed by atoms with van der Waals surface area (Å²) in [5.41, 5.74) is 0. The van der Waals surface area contributed by atoms with Gasteiger partial charge >= 0.3 is 0 Å². The number of carbonyl (C=O) groups excluding carboxylic acids is 1. The van der Waals surface area contributed by atoms with Gasteiger partial charge in [0, 0.05) is 26.1 Å². The van der Waals surface area contributed by atoms with Gasteiger partial charge in [0.1, 0.15) is 0 Å². The lowest BCUT2D eigenvalue weighted by Gasteiger charge is -2.37. The topological polar surface area (TPSA) is 58.8 Å². The molecule has 1 amide bonds. The van der Waals surface area contributed by atoms with Crippen LogP contribution in [0.25, 0.3) is 0 Å². The van der Waals surface area contributed by atoms with Crippen molar-refractivity contribution in [2.75, 3.05) is 26.3 Å². The number of aliphatic hydroxyl groups is 1. The molecule has 2 atom stereocenters. The van der Waals surface area contributed by atoms with Crippen molar-refractivity contribution in [3.8, 4) is 0 Å². The zero-order valence-electron chi connectivity index (χ0n) is 12.5. The first-order valence-corrected chi connectivity index (χ1v) is 8.18. The van der Waals surface area contributed by atoms with Crippen molar-refractivity contribution in [2.24, 2.45) is 11.8 Å². The van der Waals surface area contributed by atoms with Gasteiger partial charge in [-0.1, -0.05) is 6.42 Å². The molecular weight excluding hydrogens is 270 g/mol. The zero-order chi connectivity index (χ0) is 14.7. The van der Waals surface area contributed by atoms with Gasteiger partial charge in [-0.3, -0.25) is 4.79 Å². The van der Waals surface area contributed by atoms with Crippen molar-refractivity contribution in [1.29, 1.82) is 0 Å². The molecule has 0 aromatic heterocycles. The highest BCUT2D eigenvalue weighted by molar-refractivity contribution is 5.93. The van der Waals surface area contributed by atoms with Crippen molar-refractivity contribution in [3.63, 3.8) is 0 Å². The van der Waals surface area contributed by atoms with E-state index in [1.165, 1.54) is 19.3 Å². The third-order valence-electron chi connectivity index (χ3n) is 4.65. The number of ether oxygens (including phenoxy) is 2. The second kappa shape index (κ2) is 6.79. The van der Waals surface area contributed by atoms with E-state index in [2.05, 4.69) is 0 Å². The SMILES string of the molecule is O=C(C1=C[C@@H](C2CCC2)C[C@@H](OCCCCO)O1)N1CC1. The van der Waals surface area contributed by atoms with Crippen molar-refractivity contribution < 1.29 is 19.4 Å². The largest absolute Gasteiger partial charge is 0.459 e. The fourth-order valence-electron chi connectivity index (χ4n) is 2.97. The maximum atomic E-state index is 12.2. The Balaban J connectivity index is 1.58. The molecule has 3 aliphatic rings. The van der Waals surface area contributed by atoms with Crippen LogP contribution in [-0.4, -0.2) is 48.5 Å². The second-order valence-corrected chi connectivity index (χ2v) is 6.26. The number of unbranched alkanes of at least 4 members (excludes halogenated alkanes) is 1. The van der Waals surface area contributed by atoms with Crippen LogP contribution in [0.5, 0.6) is 0 Å². The molecule has 1 saturated heterocycles. The molecule has 2 aliphatic heterocycles. The molecule has 3 rings (SSSR count). The highest BCUT2D eigenvalue weighted by Crippen LogP contribution is 2.40. The molecule has 5 heteroatoms. The normalized spacial score (nSPS) is 28.6. The minimum atomic E-state index is -0.307. The maximum absolute atomic E-state index is 12.2. The Bertz CT molecular complexity index is 401. The van der Waals surface area contributed by atoms with Crippen LogP contribution in [0.2, 0.25) is 0 Å². The first-order chi connectivity index (χ1) is 10.3. The lowest BCUT2D eigenvalue weighted by atomic mass is 9.73. The quantitative estimate of drug-likeness (QED) is 0.573. The van der Waals surface area contributed by atoms with Gasteiger partial charge in [-0.05, 0) is 43.6 Å². The smallest absolute Gasteiger partial charge is 0.288 e. The minimum absolute atomic E-state index is 0.0166. The predicted octanol–water partition coefficient (Wildman–Crippen LogP) is 1.66. The summed E-state index contributed by atoms with van der Waals surface area (Å²) in [6.45, 7) is 2.46. The first kappa shape index (κ1) is 14.9. The Morgan fingerprint density at radius 1 is 1.38 bits per heavy atom. The van der Waals surface area contributed by atoms with Crippen LogP contribution in [-0.2, 0) is 14.3 Å². The Labute approximate surface area is 125 Å². The fraction of sp³-hybridized carbons (Fsp3) is 0.812. The Kier molecular flexibility index (Phi) is 4.80. The van der Waals surface area contributed by atoms with Crippen LogP contribution in [0.4, 0.5) is 0 Å². The van der Waals surface area contributed by atoms with Crippen LogP contribution in [0.1, 0.15) is 38.5 Å². The molecule has 21 heavy (non-hydrogen) atoms. The van der Waals surface area contributed by atoms with Crippen LogP contribution in [0.3, 0.4) is 0 Å². The number of hydrogen-bond donors (Lipinski definition) is 1. The van der Waals surface area contributed by atoms with E-state index in [0.717, 1.165) is 32.4 Å². The van der Waals surface area contributed by atoms with Crippen LogP contribution in [0.15, 0.2) is 11.8 Å². The monoisotopic (exact) mass is 295 g/mol. The van der Waals surface area contributed by atoms with Gasteiger partial charge in [0.05, 0.1) is 6.61 Å². The molecule has 0 radical (unpaired) electrons. The van der Waals surface area contributed by atoms with E-state index < -0.39 is 0 Å². The summed E-state index contributed by atoms with van der Waals surface area (Å²) >= 11 is 0. The van der Waals surface area contributed by atoms with E-state index in [0.29, 0.717) is 24.2 Å². The van der Waals surface area contributed by atoms with Crippen LogP contribution in [0, 0.1) is 11.8 Å². The molecular formula is C16H25NO4. The molecule has 0 unspecified atom stereocenters. The number of amides is 1. The number of rotatable bonds is 7. The summed E-state index contributed by atoms with van der Waals surface area (Å²) in [6, 6.07) is 0. The first-order valence-electron chi connectivity index (χ1n) is 8.18. The summed E-state index contributed by atoms with van der Waals surface area (Å²) in [5, 5.41) is 8.79. The molecule has 2 fully saturated rings. The van der Waals surface area contributed by atoms with E-state index >= 15 is 0 Å². The van der Waals surface area contributed by atoms with Gasteiger partial charge in [-0.15, -0.1) is 0 Å². The Morgan fingerprint density at radius 3 is 2.81 bits per heavy atom. The highest BCUT2D eigenvalue weighted by atomic mass is 16.7. The fourth-order valence-corrected chi connectivity index (χ4v) is 2.97. The molecule has 0 aromatic rings. The summed E-state index contributed by atoms with van der Waals surface area (Å²) in [5.74, 6) is 1.61. The van der Waals surface area contributed by atoms with Gasteiger partial charge in [-0.25, -0.2) is 0 Å². The Hall–Kier alpha value is -1.07. The highest BCUT2D eigenvalue weighted by Gasteiger charge is 2.37.